The van der Waals surface area contributed by atoms with E-state index in [4.69, 9.17) is 4.74 Å². The van der Waals surface area contributed by atoms with Gasteiger partial charge in [0.1, 0.15) is 11.9 Å². The first-order valence-electron chi connectivity index (χ1n) is 4.28. The Morgan fingerprint density at radius 1 is 1.77 bits per heavy atom. The number of H-pyrrole nitrogens is 1. The van der Waals surface area contributed by atoms with E-state index in [1.54, 1.807) is 12.3 Å². The number of hydrogen-bond acceptors (Lipinski definition) is 3. The highest BCUT2D eigenvalue weighted by atomic mass is 16.5. The second kappa shape index (κ2) is 3.57. The van der Waals surface area contributed by atoms with Gasteiger partial charge in [0.05, 0.1) is 6.20 Å². The lowest BCUT2D eigenvalue weighted by Gasteiger charge is -2.07. The van der Waals surface area contributed by atoms with Crippen LogP contribution in [0.15, 0.2) is 12.3 Å². The molecule has 1 atom stereocenters. The molecule has 1 aliphatic heterocycles. The van der Waals surface area contributed by atoms with E-state index in [0.29, 0.717) is 12.4 Å². The number of amides is 1. The number of aromatic amines is 1. The summed E-state index contributed by atoms with van der Waals surface area (Å²) in [5, 5.41) is 9.06. The number of hydrogen-bond donors (Lipinski definition) is 2. The van der Waals surface area contributed by atoms with Gasteiger partial charge in [-0.3, -0.25) is 9.89 Å². The molecule has 1 fully saturated rings. The maximum atomic E-state index is 11.4. The van der Waals surface area contributed by atoms with Crippen LogP contribution in [-0.2, 0) is 9.53 Å². The predicted molar refractivity (Wildman–Crippen MR) is 46.2 cm³/mol. The lowest BCUT2D eigenvalue weighted by Crippen LogP contribution is -2.26. The first-order chi connectivity index (χ1) is 6.36. The summed E-state index contributed by atoms with van der Waals surface area (Å²) >= 11 is 0. The molecule has 2 N–H and O–H groups in total. The van der Waals surface area contributed by atoms with Crippen LogP contribution < -0.4 is 5.32 Å². The van der Waals surface area contributed by atoms with E-state index in [0.717, 1.165) is 12.8 Å². The van der Waals surface area contributed by atoms with Crippen LogP contribution in [0.2, 0.25) is 0 Å². The van der Waals surface area contributed by atoms with Crippen molar-refractivity contribution in [1.29, 1.82) is 0 Å². The Labute approximate surface area is 75.5 Å². The van der Waals surface area contributed by atoms with Gasteiger partial charge in [-0.15, -0.1) is 0 Å². The molecule has 0 saturated carbocycles. The molecule has 70 valence electrons. The number of nitrogens with one attached hydrogen (secondary N) is 2. The van der Waals surface area contributed by atoms with Gasteiger partial charge in [0.25, 0.3) is 5.91 Å². The first kappa shape index (κ1) is 8.25. The van der Waals surface area contributed by atoms with Crippen LogP contribution >= 0.6 is 0 Å². The lowest BCUT2D eigenvalue weighted by atomic mass is 10.2. The maximum absolute atomic E-state index is 11.4. The van der Waals surface area contributed by atoms with E-state index in [1.165, 1.54) is 0 Å². The third kappa shape index (κ3) is 1.86. The molecule has 1 aliphatic rings. The number of nitrogens with zero attached hydrogens (tertiary/aromatic N) is 1. The van der Waals surface area contributed by atoms with Gasteiger partial charge >= 0.3 is 0 Å². The Hall–Kier alpha value is -1.36. The van der Waals surface area contributed by atoms with Crippen LogP contribution in [0.3, 0.4) is 0 Å². The van der Waals surface area contributed by atoms with Crippen LogP contribution in [0.5, 0.6) is 0 Å². The summed E-state index contributed by atoms with van der Waals surface area (Å²) in [6.45, 7) is 0.682. The van der Waals surface area contributed by atoms with Crippen LogP contribution in [0, 0.1) is 0 Å². The van der Waals surface area contributed by atoms with Crippen LogP contribution in [0.4, 0.5) is 5.82 Å². The molecule has 1 unspecified atom stereocenters. The van der Waals surface area contributed by atoms with Crippen molar-refractivity contribution in [1.82, 2.24) is 10.2 Å². The summed E-state index contributed by atoms with van der Waals surface area (Å²) in [5.74, 6) is 0.516. The lowest BCUT2D eigenvalue weighted by molar-refractivity contribution is -0.124. The van der Waals surface area contributed by atoms with Gasteiger partial charge in [0.15, 0.2) is 0 Å². The molecule has 1 saturated heterocycles. The summed E-state index contributed by atoms with van der Waals surface area (Å²) in [6.07, 6.45) is 3.06. The standard InChI is InChI=1S/C8H11N3O2/c12-8(6-2-1-5-13-6)10-7-3-4-9-11-7/h3-4,6H,1-2,5H2,(H2,9,10,11,12). The molecule has 0 bridgehead atoms. The Balaban J connectivity index is 1.91. The van der Waals surface area contributed by atoms with Gasteiger partial charge in [-0.05, 0) is 12.8 Å². The second-order valence-electron chi connectivity index (χ2n) is 2.96. The Kier molecular flexibility index (Phi) is 2.27. The van der Waals surface area contributed by atoms with E-state index in [-0.39, 0.29) is 12.0 Å². The average Bonchev–Trinajstić information content (AvgIpc) is 2.74. The van der Waals surface area contributed by atoms with Gasteiger partial charge < -0.3 is 10.1 Å². The quantitative estimate of drug-likeness (QED) is 0.699. The number of rotatable bonds is 2. The number of anilines is 1. The largest absolute Gasteiger partial charge is 0.368 e. The van der Waals surface area contributed by atoms with E-state index >= 15 is 0 Å². The molecule has 0 aliphatic carbocycles. The summed E-state index contributed by atoms with van der Waals surface area (Å²) in [4.78, 5) is 11.4. The Bertz CT molecular complexity index is 278. The predicted octanol–water partition coefficient (Wildman–Crippen LogP) is 0.527. The van der Waals surface area contributed by atoms with Crippen molar-refractivity contribution in [2.75, 3.05) is 11.9 Å². The molecule has 1 aromatic rings. The number of ether oxygens (including phenoxy) is 1. The van der Waals surface area contributed by atoms with Crippen molar-refractivity contribution in [3.05, 3.63) is 12.3 Å². The van der Waals surface area contributed by atoms with E-state index in [1.807, 2.05) is 0 Å². The Morgan fingerprint density at radius 3 is 3.31 bits per heavy atom. The maximum Gasteiger partial charge on any atom is 0.254 e. The summed E-state index contributed by atoms with van der Waals surface area (Å²) in [7, 11) is 0. The fraction of sp³-hybridized carbons (Fsp3) is 0.500. The normalized spacial score (nSPS) is 21.7. The van der Waals surface area contributed by atoms with E-state index in [2.05, 4.69) is 15.5 Å². The fourth-order valence-electron chi connectivity index (χ4n) is 1.32. The van der Waals surface area contributed by atoms with Crippen LogP contribution in [0.1, 0.15) is 12.8 Å². The van der Waals surface area contributed by atoms with Crippen molar-refractivity contribution in [2.45, 2.75) is 18.9 Å². The fourth-order valence-corrected chi connectivity index (χ4v) is 1.32. The first-order valence-corrected chi connectivity index (χ1v) is 4.28. The molecule has 2 heterocycles. The zero-order valence-corrected chi connectivity index (χ0v) is 7.12. The molecule has 0 spiro atoms. The van der Waals surface area contributed by atoms with Crippen molar-refractivity contribution in [3.8, 4) is 0 Å². The van der Waals surface area contributed by atoms with Crippen molar-refractivity contribution in [2.24, 2.45) is 0 Å². The molecule has 2 rings (SSSR count). The highest BCUT2D eigenvalue weighted by Gasteiger charge is 2.23. The topological polar surface area (TPSA) is 67.0 Å². The minimum absolute atomic E-state index is 0.0956. The smallest absolute Gasteiger partial charge is 0.254 e. The van der Waals surface area contributed by atoms with E-state index < -0.39 is 0 Å². The van der Waals surface area contributed by atoms with Gasteiger partial charge in [0, 0.05) is 12.7 Å². The summed E-state index contributed by atoms with van der Waals surface area (Å²) in [5.41, 5.74) is 0. The molecule has 5 heteroatoms. The summed E-state index contributed by atoms with van der Waals surface area (Å²) < 4.78 is 5.22. The Morgan fingerprint density at radius 2 is 2.69 bits per heavy atom. The molecular formula is C8H11N3O2. The third-order valence-electron chi connectivity index (χ3n) is 1.98. The van der Waals surface area contributed by atoms with E-state index in [9.17, 15) is 4.79 Å². The average molecular weight is 181 g/mol. The van der Waals surface area contributed by atoms with Gasteiger partial charge in [-0.1, -0.05) is 0 Å². The SMILES string of the molecule is O=C(Nc1ccn[nH]1)C1CCCO1. The van der Waals surface area contributed by atoms with Crippen molar-refractivity contribution < 1.29 is 9.53 Å². The highest BCUT2D eigenvalue weighted by Crippen LogP contribution is 2.13. The van der Waals surface area contributed by atoms with Crippen LogP contribution in [-0.4, -0.2) is 28.8 Å². The number of aromatic nitrogens is 2. The third-order valence-corrected chi connectivity index (χ3v) is 1.98. The second-order valence-corrected chi connectivity index (χ2v) is 2.96. The molecule has 0 aromatic carbocycles. The molecule has 1 amide bonds. The zero-order valence-electron chi connectivity index (χ0n) is 7.12. The molecule has 13 heavy (non-hydrogen) atoms. The number of carbonyl (C=O) groups is 1. The van der Waals surface area contributed by atoms with Gasteiger partial charge in [-0.25, -0.2) is 0 Å². The molecule has 5 nitrogen and oxygen atoms in total. The molecular weight excluding hydrogens is 170 g/mol. The highest BCUT2D eigenvalue weighted by molar-refractivity contribution is 5.93. The minimum Gasteiger partial charge on any atom is -0.368 e. The monoisotopic (exact) mass is 181 g/mol. The van der Waals surface area contributed by atoms with Crippen LogP contribution in [0.25, 0.3) is 0 Å². The molecule has 0 radical (unpaired) electrons. The molecule has 1 aromatic heterocycles. The van der Waals surface area contributed by atoms with Gasteiger partial charge in [0.2, 0.25) is 0 Å². The van der Waals surface area contributed by atoms with Gasteiger partial charge in [-0.2, -0.15) is 5.10 Å². The van der Waals surface area contributed by atoms with Crippen molar-refractivity contribution in [3.63, 3.8) is 0 Å². The minimum atomic E-state index is -0.289. The number of carbonyl (C=O) groups excluding carboxylic acids is 1. The summed E-state index contributed by atoms with van der Waals surface area (Å²) in [6, 6.07) is 1.70. The van der Waals surface area contributed by atoms with Crippen molar-refractivity contribution >= 4 is 11.7 Å². The zero-order chi connectivity index (χ0) is 9.10.